The van der Waals surface area contributed by atoms with Crippen LogP contribution in [0.15, 0.2) is 48.7 Å². The fourth-order valence-electron chi connectivity index (χ4n) is 2.60. The molecule has 2 aromatic carbocycles. The zero-order valence-corrected chi connectivity index (χ0v) is 16.0. The van der Waals surface area contributed by atoms with Crippen LogP contribution < -0.4 is 19.5 Å². The molecule has 28 heavy (non-hydrogen) atoms. The van der Waals surface area contributed by atoms with Gasteiger partial charge < -0.3 is 19.5 Å². The Kier molecular flexibility index (Phi) is 5.27. The number of aromatic nitrogens is 2. The van der Waals surface area contributed by atoms with E-state index in [2.05, 4.69) is 10.4 Å². The first-order chi connectivity index (χ1) is 13.6. The molecule has 9 heteroatoms. The summed E-state index contributed by atoms with van der Waals surface area (Å²) in [5, 5.41) is 7.92. The quantitative estimate of drug-likeness (QED) is 0.668. The number of ether oxygens (including phenoxy) is 3. The molecule has 0 saturated carbocycles. The van der Waals surface area contributed by atoms with Crippen LogP contribution in [0.3, 0.4) is 0 Å². The predicted molar refractivity (Wildman–Crippen MR) is 105 cm³/mol. The molecule has 0 atom stereocenters. The smallest absolute Gasteiger partial charge is 0.276 e. The summed E-state index contributed by atoms with van der Waals surface area (Å²) in [5.74, 6) is 1.39. The van der Waals surface area contributed by atoms with Crippen molar-refractivity contribution >= 4 is 34.8 Å². The molecule has 1 N–H and O–H groups in total. The van der Waals surface area contributed by atoms with Crippen LogP contribution in [0.5, 0.6) is 17.2 Å². The first-order valence-corrected chi connectivity index (χ1v) is 9.16. The molecule has 7 nitrogen and oxygen atoms in total. The van der Waals surface area contributed by atoms with Crippen molar-refractivity contribution in [3.05, 3.63) is 64.4 Å². The van der Waals surface area contributed by atoms with Gasteiger partial charge in [0, 0.05) is 23.0 Å². The van der Waals surface area contributed by atoms with Crippen LogP contribution in [0.2, 0.25) is 10.0 Å². The highest BCUT2D eigenvalue weighted by Crippen LogP contribution is 2.32. The highest BCUT2D eigenvalue weighted by Gasteiger charge is 2.15. The number of halogens is 2. The SMILES string of the molecule is O=C(Nc1ccc2c(c1)OCCO2)c1ccn(COc2ccc(Cl)cc2Cl)n1. The third-order valence-electron chi connectivity index (χ3n) is 3.92. The second-order valence-electron chi connectivity index (χ2n) is 5.90. The van der Waals surface area contributed by atoms with Gasteiger partial charge in [0.15, 0.2) is 23.9 Å². The van der Waals surface area contributed by atoms with Gasteiger partial charge in [-0.2, -0.15) is 5.10 Å². The van der Waals surface area contributed by atoms with Crippen LogP contribution in [0.25, 0.3) is 0 Å². The lowest BCUT2D eigenvalue weighted by Gasteiger charge is -2.18. The summed E-state index contributed by atoms with van der Waals surface area (Å²) in [6.07, 6.45) is 1.64. The van der Waals surface area contributed by atoms with Crippen molar-refractivity contribution in [1.82, 2.24) is 9.78 Å². The average molecular weight is 420 g/mol. The Morgan fingerprint density at radius 1 is 1.11 bits per heavy atom. The van der Waals surface area contributed by atoms with Gasteiger partial charge in [-0.25, -0.2) is 4.68 Å². The molecule has 1 amide bonds. The van der Waals surface area contributed by atoms with Gasteiger partial charge in [-0.05, 0) is 36.4 Å². The second-order valence-corrected chi connectivity index (χ2v) is 6.74. The van der Waals surface area contributed by atoms with E-state index in [1.807, 2.05) is 0 Å². The lowest BCUT2D eigenvalue weighted by atomic mass is 10.2. The third-order valence-corrected chi connectivity index (χ3v) is 4.45. The lowest BCUT2D eigenvalue weighted by Crippen LogP contribution is -2.17. The number of hydrogen-bond donors (Lipinski definition) is 1. The van der Waals surface area contributed by atoms with E-state index in [-0.39, 0.29) is 18.3 Å². The largest absolute Gasteiger partial charge is 0.486 e. The van der Waals surface area contributed by atoms with Gasteiger partial charge in [-0.15, -0.1) is 0 Å². The Balaban J connectivity index is 1.39. The van der Waals surface area contributed by atoms with Crippen molar-refractivity contribution in [3.63, 3.8) is 0 Å². The van der Waals surface area contributed by atoms with Crippen LogP contribution in [-0.2, 0) is 6.73 Å². The number of amides is 1. The first-order valence-electron chi connectivity index (χ1n) is 8.41. The summed E-state index contributed by atoms with van der Waals surface area (Å²) in [6, 6.07) is 11.8. The normalized spacial score (nSPS) is 12.5. The minimum absolute atomic E-state index is 0.0959. The monoisotopic (exact) mass is 419 g/mol. The molecule has 0 unspecified atom stereocenters. The average Bonchev–Trinajstić information content (AvgIpc) is 3.16. The van der Waals surface area contributed by atoms with Crippen molar-refractivity contribution in [2.75, 3.05) is 18.5 Å². The van der Waals surface area contributed by atoms with Crippen LogP contribution in [-0.4, -0.2) is 28.9 Å². The summed E-state index contributed by atoms with van der Waals surface area (Å²) >= 11 is 11.9. The number of benzene rings is 2. The Bertz CT molecular complexity index is 1020. The topological polar surface area (TPSA) is 74.6 Å². The van der Waals surface area contributed by atoms with Crippen LogP contribution in [0.4, 0.5) is 5.69 Å². The summed E-state index contributed by atoms with van der Waals surface area (Å²) in [4.78, 5) is 12.4. The predicted octanol–water partition coefficient (Wildman–Crippen LogP) is 4.25. The summed E-state index contributed by atoms with van der Waals surface area (Å²) < 4.78 is 18.1. The Morgan fingerprint density at radius 3 is 2.75 bits per heavy atom. The maximum atomic E-state index is 12.4. The molecule has 144 valence electrons. The van der Waals surface area contributed by atoms with Crippen molar-refractivity contribution in [2.24, 2.45) is 0 Å². The summed E-state index contributed by atoms with van der Waals surface area (Å²) in [6.45, 7) is 1.09. The lowest BCUT2D eigenvalue weighted by molar-refractivity contribution is 0.102. The Hall–Kier alpha value is -2.90. The van der Waals surface area contributed by atoms with Gasteiger partial charge >= 0.3 is 0 Å². The van der Waals surface area contributed by atoms with Gasteiger partial charge in [0.05, 0.1) is 5.02 Å². The number of fused-ring (bicyclic) bond motifs is 1. The van der Waals surface area contributed by atoms with E-state index in [4.69, 9.17) is 37.4 Å². The molecule has 0 fully saturated rings. The molecule has 1 aliphatic heterocycles. The zero-order chi connectivity index (χ0) is 19.5. The molecule has 1 aliphatic rings. The molecule has 0 aliphatic carbocycles. The highest BCUT2D eigenvalue weighted by molar-refractivity contribution is 6.35. The molecule has 4 rings (SSSR count). The molecule has 0 spiro atoms. The second kappa shape index (κ2) is 8.00. The fourth-order valence-corrected chi connectivity index (χ4v) is 3.06. The maximum Gasteiger partial charge on any atom is 0.276 e. The number of hydrogen-bond acceptors (Lipinski definition) is 5. The molecule has 0 radical (unpaired) electrons. The molecule has 2 heterocycles. The van der Waals surface area contributed by atoms with Gasteiger partial charge in [0.1, 0.15) is 19.0 Å². The Morgan fingerprint density at radius 2 is 1.93 bits per heavy atom. The summed E-state index contributed by atoms with van der Waals surface area (Å²) in [5.41, 5.74) is 0.841. The molecule has 3 aromatic rings. The van der Waals surface area contributed by atoms with Crippen LogP contribution in [0.1, 0.15) is 10.5 Å². The van der Waals surface area contributed by atoms with E-state index < -0.39 is 0 Å². The maximum absolute atomic E-state index is 12.4. The number of carbonyl (C=O) groups excluding carboxylic acids is 1. The van der Waals surface area contributed by atoms with E-state index in [1.54, 1.807) is 48.7 Å². The standard InChI is InChI=1S/C19H15Cl2N3O4/c20-12-1-3-16(14(21)9-12)28-11-24-6-5-15(23-24)19(25)22-13-2-4-17-18(10-13)27-8-7-26-17/h1-6,9-10H,7-8,11H2,(H,22,25). The fraction of sp³-hybridized carbons (Fsp3) is 0.158. The zero-order valence-electron chi connectivity index (χ0n) is 14.5. The van der Waals surface area contributed by atoms with Gasteiger partial charge in [0.2, 0.25) is 0 Å². The third kappa shape index (κ3) is 4.16. The molecule has 1 aromatic heterocycles. The van der Waals surface area contributed by atoms with E-state index in [0.29, 0.717) is 46.2 Å². The first kappa shape index (κ1) is 18.5. The number of rotatable bonds is 5. The number of anilines is 1. The minimum Gasteiger partial charge on any atom is -0.486 e. The van der Waals surface area contributed by atoms with E-state index in [9.17, 15) is 4.79 Å². The van der Waals surface area contributed by atoms with Crippen molar-refractivity contribution < 1.29 is 19.0 Å². The van der Waals surface area contributed by atoms with E-state index >= 15 is 0 Å². The molecular weight excluding hydrogens is 405 g/mol. The van der Waals surface area contributed by atoms with E-state index in [1.165, 1.54) is 4.68 Å². The highest BCUT2D eigenvalue weighted by atomic mass is 35.5. The van der Waals surface area contributed by atoms with E-state index in [0.717, 1.165) is 0 Å². The van der Waals surface area contributed by atoms with Gasteiger partial charge in [0.25, 0.3) is 5.91 Å². The number of nitrogens with zero attached hydrogens (tertiary/aromatic N) is 2. The minimum atomic E-state index is -0.347. The van der Waals surface area contributed by atoms with Gasteiger partial charge in [-0.1, -0.05) is 23.2 Å². The van der Waals surface area contributed by atoms with Gasteiger partial charge in [-0.3, -0.25) is 4.79 Å². The number of nitrogens with one attached hydrogen (secondary N) is 1. The van der Waals surface area contributed by atoms with Crippen LogP contribution >= 0.6 is 23.2 Å². The molecule has 0 bridgehead atoms. The van der Waals surface area contributed by atoms with Crippen molar-refractivity contribution in [3.8, 4) is 17.2 Å². The van der Waals surface area contributed by atoms with Crippen molar-refractivity contribution in [1.29, 1.82) is 0 Å². The van der Waals surface area contributed by atoms with Crippen LogP contribution in [0, 0.1) is 0 Å². The molecule has 0 saturated heterocycles. The summed E-state index contributed by atoms with van der Waals surface area (Å²) in [7, 11) is 0. The Labute approximate surface area is 170 Å². The number of carbonyl (C=O) groups is 1. The molecular formula is C19H15Cl2N3O4. The van der Waals surface area contributed by atoms with Crippen molar-refractivity contribution in [2.45, 2.75) is 6.73 Å².